The van der Waals surface area contributed by atoms with E-state index in [9.17, 15) is 9.35 Å². The van der Waals surface area contributed by atoms with Crippen molar-refractivity contribution in [3.8, 4) is 0 Å². The van der Waals surface area contributed by atoms with E-state index in [1.54, 1.807) is 6.21 Å². The summed E-state index contributed by atoms with van der Waals surface area (Å²) in [6, 6.07) is 0. The number of carboxylic acid groups (broad SMARTS) is 1. The van der Waals surface area contributed by atoms with Gasteiger partial charge in [-0.15, -0.1) is 0 Å². The molecule has 2 bridgehead atoms. The molecule has 1 atom stereocenters. The summed E-state index contributed by atoms with van der Waals surface area (Å²) in [4.78, 5) is 10.9. The van der Waals surface area contributed by atoms with E-state index < -0.39 is 22.7 Å². The van der Waals surface area contributed by atoms with Gasteiger partial charge in [0.25, 0.3) is 0 Å². The van der Waals surface area contributed by atoms with Gasteiger partial charge in [0.05, 0.1) is 11.6 Å². The van der Waals surface area contributed by atoms with Crippen LogP contribution in [-0.4, -0.2) is 26.6 Å². The first kappa shape index (κ1) is 11.9. The van der Waals surface area contributed by atoms with E-state index in [1.807, 2.05) is 20.8 Å². The van der Waals surface area contributed by atoms with Crippen LogP contribution in [0.25, 0.3) is 0 Å². The molecular formula is C11H17NO3S. The summed E-state index contributed by atoms with van der Waals surface area (Å²) in [5, 5.41) is 8.95. The Bertz CT molecular complexity index is 339. The van der Waals surface area contributed by atoms with E-state index in [-0.39, 0.29) is 10.2 Å². The lowest BCUT2D eigenvalue weighted by Crippen LogP contribution is -2.66. The molecule has 3 aliphatic carbocycles. The van der Waals surface area contributed by atoms with Gasteiger partial charge in [-0.25, -0.2) is 0 Å². The van der Waals surface area contributed by atoms with Crippen LogP contribution in [0.3, 0.4) is 0 Å². The number of carbonyl (C=O) groups is 1. The third kappa shape index (κ3) is 1.66. The second kappa shape index (κ2) is 3.23. The zero-order chi connectivity index (χ0) is 12.2. The van der Waals surface area contributed by atoms with Crippen LogP contribution in [0.2, 0.25) is 0 Å². The molecule has 4 nitrogen and oxygen atoms in total. The van der Waals surface area contributed by atoms with Crippen LogP contribution in [-0.2, 0) is 16.2 Å². The lowest BCUT2D eigenvalue weighted by molar-refractivity contribution is -0.197. The van der Waals surface area contributed by atoms with Gasteiger partial charge in [-0.1, -0.05) is 4.40 Å². The molecule has 0 radical (unpaired) electrons. The zero-order valence-corrected chi connectivity index (χ0v) is 10.6. The fraction of sp³-hybridized carbons (Fsp3) is 0.818. The Kier molecular flexibility index (Phi) is 2.41. The highest BCUT2D eigenvalue weighted by molar-refractivity contribution is 7.91. The van der Waals surface area contributed by atoms with Crippen LogP contribution >= 0.6 is 0 Å². The molecule has 0 spiro atoms. The first-order chi connectivity index (χ1) is 7.19. The van der Waals surface area contributed by atoms with Crippen LogP contribution in [0.5, 0.6) is 0 Å². The Morgan fingerprint density at radius 1 is 1.44 bits per heavy atom. The molecule has 0 aromatic rings. The predicted octanol–water partition coefficient (Wildman–Crippen LogP) is 1.77. The number of rotatable bonds is 3. The Balaban J connectivity index is 1.91. The van der Waals surface area contributed by atoms with Crippen molar-refractivity contribution in [2.75, 3.05) is 0 Å². The summed E-state index contributed by atoms with van der Waals surface area (Å²) < 4.78 is 15.4. The largest absolute Gasteiger partial charge is 0.591 e. The van der Waals surface area contributed by atoms with Crippen molar-refractivity contribution in [2.24, 2.45) is 15.2 Å². The van der Waals surface area contributed by atoms with E-state index in [4.69, 9.17) is 5.11 Å². The smallest absolute Gasteiger partial charge is 0.309 e. The zero-order valence-electron chi connectivity index (χ0n) is 9.82. The van der Waals surface area contributed by atoms with Crippen LogP contribution in [0, 0.1) is 10.8 Å². The molecule has 0 aromatic carbocycles. The second-order valence-corrected chi connectivity index (χ2v) is 8.01. The summed E-state index contributed by atoms with van der Waals surface area (Å²) in [5.41, 5.74) is -0.533. The van der Waals surface area contributed by atoms with Gasteiger partial charge in [-0.2, -0.15) is 0 Å². The van der Waals surface area contributed by atoms with Crippen molar-refractivity contribution in [1.82, 2.24) is 0 Å². The maximum atomic E-state index is 11.7. The van der Waals surface area contributed by atoms with Gasteiger partial charge < -0.3 is 9.66 Å². The SMILES string of the molecule is CC(C)(C)[S+]([O-])N=CC12CC(C(=O)O)(C1)C2. The van der Waals surface area contributed by atoms with Crippen molar-refractivity contribution in [1.29, 1.82) is 0 Å². The fourth-order valence-electron chi connectivity index (χ4n) is 2.55. The molecular weight excluding hydrogens is 226 g/mol. The number of nitrogens with zero attached hydrogens (tertiary/aromatic N) is 1. The highest BCUT2D eigenvalue weighted by atomic mass is 32.2. The van der Waals surface area contributed by atoms with Crippen LogP contribution in [0.15, 0.2) is 4.40 Å². The minimum absolute atomic E-state index is 0.0562. The Labute approximate surface area is 98.5 Å². The number of carboxylic acids is 1. The van der Waals surface area contributed by atoms with Crippen molar-refractivity contribution in [3.05, 3.63) is 0 Å². The number of aliphatic carboxylic acids is 1. The van der Waals surface area contributed by atoms with E-state index in [1.165, 1.54) is 0 Å². The summed E-state index contributed by atoms with van der Waals surface area (Å²) >= 11 is -1.23. The van der Waals surface area contributed by atoms with E-state index in [0.29, 0.717) is 19.3 Å². The average molecular weight is 243 g/mol. The minimum atomic E-state index is -1.23. The lowest BCUT2D eigenvalue weighted by atomic mass is 9.35. The number of hydrogen-bond acceptors (Lipinski definition) is 3. The van der Waals surface area contributed by atoms with E-state index >= 15 is 0 Å². The normalized spacial score (nSPS) is 39.0. The molecule has 3 saturated carbocycles. The van der Waals surface area contributed by atoms with Gasteiger partial charge >= 0.3 is 5.97 Å². The molecule has 0 amide bonds. The molecule has 0 saturated heterocycles. The van der Waals surface area contributed by atoms with Crippen molar-refractivity contribution >= 4 is 23.5 Å². The summed E-state index contributed by atoms with van der Waals surface area (Å²) in [6.45, 7) is 5.63. The maximum Gasteiger partial charge on any atom is 0.309 e. The molecule has 0 aromatic heterocycles. The molecule has 0 aliphatic heterocycles. The van der Waals surface area contributed by atoms with Crippen molar-refractivity contribution in [3.63, 3.8) is 0 Å². The maximum absolute atomic E-state index is 11.7. The molecule has 1 unspecified atom stereocenters. The third-order valence-corrected chi connectivity index (χ3v) is 4.82. The minimum Gasteiger partial charge on any atom is -0.591 e. The van der Waals surface area contributed by atoms with Crippen molar-refractivity contribution < 1.29 is 14.5 Å². The molecule has 5 heteroatoms. The molecule has 1 N–H and O–H groups in total. The fourth-order valence-corrected chi connectivity index (χ4v) is 3.18. The Hall–Kier alpha value is -0.550. The summed E-state index contributed by atoms with van der Waals surface area (Å²) in [5.74, 6) is -0.695. The van der Waals surface area contributed by atoms with Crippen molar-refractivity contribution in [2.45, 2.75) is 44.8 Å². The quantitative estimate of drug-likeness (QED) is 0.606. The second-order valence-electron chi connectivity index (χ2n) is 6.07. The van der Waals surface area contributed by atoms with Gasteiger partial charge in [-0.3, -0.25) is 4.79 Å². The van der Waals surface area contributed by atoms with Gasteiger partial charge in [-0.05, 0) is 40.0 Å². The molecule has 16 heavy (non-hydrogen) atoms. The molecule has 3 aliphatic rings. The standard InChI is InChI=1S/C11H17NO3S/c1-9(2,3)16(15)12-7-10-4-11(5-10,6-10)8(13)14/h7H,4-6H2,1-3H3,(H,13,14). The first-order valence-corrected chi connectivity index (χ1v) is 6.51. The number of hydrogen-bond donors (Lipinski definition) is 1. The van der Waals surface area contributed by atoms with Crippen LogP contribution in [0.4, 0.5) is 0 Å². The third-order valence-electron chi connectivity index (χ3n) is 3.47. The summed E-state index contributed by atoms with van der Waals surface area (Å²) in [6.07, 6.45) is 3.74. The van der Waals surface area contributed by atoms with Gasteiger partial charge in [0.1, 0.15) is 16.1 Å². The van der Waals surface area contributed by atoms with Gasteiger partial charge in [0, 0.05) is 5.41 Å². The first-order valence-electron chi connectivity index (χ1n) is 5.40. The van der Waals surface area contributed by atoms with Gasteiger partial charge in [0.15, 0.2) is 0 Å². The summed E-state index contributed by atoms with van der Waals surface area (Å²) in [7, 11) is 0. The molecule has 90 valence electrons. The highest BCUT2D eigenvalue weighted by Crippen LogP contribution is 2.72. The molecule has 3 rings (SSSR count). The van der Waals surface area contributed by atoms with E-state index in [2.05, 4.69) is 4.40 Å². The highest BCUT2D eigenvalue weighted by Gasteiger charge is 2.71. The molecule has 0 heterocycles. The Morgan fingerprint density at radius 2 is 1.94 bits per heavy atom. The van der Waals surface area contributed by atoms with E-state index in [0.717, 1.165) is 0 Å². The van der Waals surface area contributed by atoms with Crippen LogP contribution in [0.1, 0.15) is 40.0 Å². The predicted molar refractivity (Wildman–Crippen MR) is 62.7 cm³/mol. The van der Waals surface area contributed by atoms with Crippen LogP contribution < -0.4 is 0 Å². The monoisotopic (exact) mass is 243 g/mol. The average Bonchev–Trinajstić information content (AvgIpc) is 1.95. The van der Waals surface area contributed by atoms with Gasteiger partial charge in [0.2, 0.25) is 0 Å². The molecule has 3 fully saturated rings. The Morgan fingerprint density at radius 3 is 2.31 bits per heavy atom. The lowest BCUT2D eigenvalue weighted by Gasteiger charge is -2.66. The topological polar surface area (TPSA) is 72.7 Å².